The zero-order valence-corrected chi connectivity index (χ0v) is 12.2. The maximum absolute atomic E-state index is 9.16. The van der Waals surface area contributed by atoms with Crippen molar-refractivity contribution in [2.75, 3.05) is 6.61 Å². The van der Waals surface area contributed by atoms with Crippen LogP contribution in [0, 0.1) is 0 Å². The molecule has 0 radical (unpaired) electrons. The minimum atomic E-state index is 0.140. The van der Waals surface area contributed by atoms with E-state index in [4.69, 9.17) is 5.11 Å². The summed E-state index contributed by atoms with van der Waals surface area (Å²) in [7, 11) is 0. The van der Waals surface area contributed by atoms with E-state index in [0.717, 1.165) is 12.0 Å². The second-order valence-electron chi connectivity index (χ2n) is 5.09. The Kier molecular flexibility index (Phi) is 7.92. The predicted molar refractivity (Wildman–Crippen MR) is 84.0 cm³/mol. The molecule has 0 fully saturated rings. The lowest BCUT2D eigenvalue weighted by Gasteiger charge is -2.05. The summed E-state index contributed by atoms with van der Waals surface area (Å²) in [4.78, 5) is 0. The molecular weight excluding hydrogens is 232 g/mol. The van der Waals surface area contributed by atoms with Crippen molar-refractivity contribution in [3.63, 3.8) is 0 Å². The number of aliphatic hydroxyl groups is 1. The van der Waals surface area contributed by atoms with Gasteiger partial charge < -0.3 is 5.11 Å². The molecular formula is C18H26O. The fraction of sp³-hybridized carbons (Fsp3) is 0.444. The van der Waals surface area contributed by atoms with Gasteiger partial charge in [0.1, 0.15) is 0 Å². The minimum Gasteiger partial charge on any atom is -0.392 e. The van der Waals surface area contributed by atoms with Crippen LogP contribution < -0.4 is 0 Å². The Labute approximate surface area is 117 Å². The van der Waals surface area contributed by atoms with Crippen molar-refractivity contribution in [1.82, 2.24) is 0 Å². The SMILES string of the molecule is CCCCCCC(/C=C(\C)CO)=C\c1ccccc1. The molecule has 0 saturated carbocycles. The molecule has 1 rings (SSSR count). The second-order valence-corrected chi connectivity index (χ2v) is 5.09. The van der Waals surface area contributed by atoms with Crippen LogP contribution in [0.3, 0.4) is 0 Å². The number of unbranched alkanes of at least 4 members (excludes halogenated alkanes) is 3. The Hall–Kier alpha value is -1.34. The van der Waals surface area contributed by atoms with Crippen molar-refractivity contribution in [3.05, 3.63) is 53.1 Å². The Morgan fingerprint density at radius 3 is 2.47 bits per heavy atom. The van der Waals surface area contributed by atoms with Gasteiger partial charge in [-0.3, -0.25) is 0 Å². The minimum absolute atomic E-state index is 0.140. The fourth-order valence-electron chi connectivity index (χ4n) is 2.07. The number of aliphatic hydroxyl groups excluding tert-OH is 1. The Morgan fingerprint density at radius 2 is 1.84 bits per heavy atom. The van der Waals surface area contributed by atoms with Crippen molar-refractivity contribution in [1.29, 1.82) is 0 Å². The summed E-state index contributed by atoms with van der Waals surface area (Å²) in [5.74, 6) is 0. The zero-order valence-electron chi connectivity index (χ0n) is 12.2. The number of benzene rings is 1. The van der Waals surface area contributed by atoms with E-state index < -0.39 is 0 Å². The van der Waals surface area contributed by atoms with Gasteiger partial charge in [-0.1, -0.05) is 68.7 Å². The first-order chi connectivity index (χ1) is 9.26. The van der Waals surface area contributed by atoms with E-state index in [1.54, 1.807) is 0 Å². The van der Waals surface area contributed by atoms with Crippen LogP contribution in [-0.4, -0.2) is 11.7 Å². The first kappa shape index (κ1) is 15.7. The van der Waals surface area contributed by atoms with Gasteiger partial charge in [-0.15, -0.1) is 0 Å². The smallest absolute Gasteiger partial charge is 0.0642 e. The average Bonchev–Trinajstić information content (AvgIpc) is 2.44. The molecule has 0 aliphatic carbocycles. The number of hydrogen-bond donors (Lipinski definition) is 1. The van der Waals surface area contributed by atoms with Crippen molar-refractivity contribution in [2.45, 2.75) is 46.0 Å². The van der Waals surface area contributed by atoms with Gasteiger partial charge in [0.15, 0.2) is 0 Å². The van der Waals surface area contributed by atoms with E-state index in [-0.39, 0.29) is 6.61 Å². The van der Waals surface area contributed by atoms with E-state index in [1.165, 1.54) is 36.8 Å². The molecule has 19 heavy (non-hydrogen) atoms. The quantitative estimate of drug-likeness (QED) is 0.515. The van der Waals surface area contributed by atoms with Crippen LogP contribution in [0.4, 0.5) is 0 Å². The standard InChI is InChI=1S/C18H26O/c1-3-4-5-7-12-18(13-16(2)15-19)14-17-10-8-6-9-11-17/h6,8-11,13-14,19H,3-5,7,12,15H2,1-2H3/b16-13+,18-14+. The van der Waals surface area contributed by atoms with Gasteiger partial charge >= 0.3 is 0 Å². The summed E-state index contributed by atoms with van der Waals surface area (Å²) >= 11 is 0. The van der Waals surface area contributed by atoms with Crippen LogP contribution in [0.25, 0.3) is 6.08 Å². The molecule has 0 saturated heterocycles. The molecule has 0 amide bonds. The summed E-state index contributed by atoms with van der Waals surface area (Å²) in [6, 6.07) is 10.4. The normalized spacial score (nSPS) is 12.8. The Morgan fingerprint density at radius 1 is 1.11 bits per heavy atom. The van der Waals surface area contributed by atoms with Gasteiger partial charge in [0, 0.05) is 0 Å². The third kappa shape index (κ3) is 6.97. The van der Waals surface area contributed by atoms with Gasteiger partial charge in [0.2, 0.25) is 0 Å². The van der Waals surface area contributed by atoms with E-state index in [1.807, 2.05) is 13.0 Å². The van der Waals surface area contributed by atoms with Crippen molar-refractivity contribution >= 4 is 6.08 Å². The van der Waals surface area contributed by atoms with Crippen LogP contribution in [0.15, 0.2) is 47.6 Å². The van der Waals surface area contributed by atoms with Crippen LogP contribution in [0.5, 0.6) is 0 Å². The summed E-state index contributed by atoms with van der Waals surface area (Å²) in [5, 5.41) is 9.16. The summed E-state index contributed by atoms with van der Waals surface area (Å²) in [5.41, 5.74) is 3.57. The highest BCUT2D eigenvalue weighted by atomic mass is 16.3. The first-order valence-electron chi connectivity index (χ1n) is 7.30. The van der Waals surface area contributed by atoms with E-state index in [9.17, 15) is 0 Å². The molecule has 104 valence electrons. The molecule has 0 bridgehead atoms. The fourth-order valence-corrected chi connectivity index (χ4v) is 2.07. The van der Waals surface area contributed by atoms with Crippen LogP contribution in [0.1, 0.15) is 51.5 Å². The second kappa shape index (κ2) is 9.57. The largest absolute Gasteiger partial charge is 0.392 e. The van der Waals surface area contributed by atoms with Gasteiger partial charge in [-0.2, -0.15) is 0 Å². The number of rotatable bonds is 8. The molecule has 0 aliphatic rings. The highest BCUT2D eigenvalue weighted by molar-refractivity contribution is 5.56. The highest BCUT2D eigenvalue weighted by Gasteiger charge is 1.97. The maximum atomic E-state index is 9.16. The van der Waals surface area contributed by atoms with Crippen molar-refractivity contribution < 1.29 is 5.11 Å². The predicted octanol–water partition coefficient (Wildman–Crippen LogP) is 4.98. The third-order valence-electron chi connectivity index (χ3n) is 3.15. The molecule has 0 atom stereocenters. The van der Waals surface area contributed by atoms with E-state index in [0.29, 0.717) is 0 Å². The van der Waals surface area contributed by atoms with E-state index in [2.05, 4.69) is 43.3 Å². The summed E-state index contributed by atoms with van der Waals surface area (Å²) in [6.45, 7) is 4.35. The Bertz CT molecular complexity index is 401. The molecule has 0 aromatic heterocycles. The van der Waals surface area contributed by atoms with Gasteiger partial charge in [0.05, 0.1) is 6.61 Å². The lowest BCUT2D eigenvalue weighted by atomic mass is 10.0. The third-order valence-corrected chi connectivity index (χ3v) is 3.15. The lowest BCUT2D eigenvalue weighted by molar-refractivity contribution is 0.331. The van der Waals surface area contributed by atoms with Crippen molar-refractivity contribution in [3.8, 4) is 0 Å². The molecule has 1 heteroatoms. The molecule has 1 aromatic rings. The molecule has 0 aliphatic heterocycles. The first-order valence-corrected chi connectivity index (χ1v) is 7.30. The van der Waals surface area contributed by atoms with Gasteiger partial charge in [0.25, 0.3) is 0 Å². The molecule has 1 nitrogen and oxygen atoms in total. The van der Waals surface area contributed by atoms with Crippen molar-refractivity contribution in [2.24, 2.45) is 0 Å². The zero-order chi connectivity index (χ0) is 13.9. The van der Waals surface area contributed by atoms with Gasteiger partial charge in [-0.25, -0.2) is 0 Å². The monoisotopic (exact) mass is 258 g/mol. The lowest BCUT2D eigenvalue weighted by Crippen LogP contribution is -1.88. The van der Waals surface area contributed by atoms with E-state index >= 15 is 0 Å². The maximum Gasteiger partial charge on any atom is 0.0642 e. The van der Waals surface area contributed by atoms with Crippen LogP contribution in [-0.2, 0) is 0 Å². The highest BCUT2D eigenvalue weighted by Crippen LogP contribution is 2.17. The number of allylic oxidation sites excluding steroid dienone is 2. The molecule has 0 heterocycles. The molecule has 0 spiro atoms. The Balaban J connectivity index is 2.72. The average molecular weight is 258 g/mol. The summed E-state index contributed by atoms with van der Waals surface area (Å²) < 4.78 is 0. The van der Waals surface area contributed by atoms with Crippen LogP contribution >= 0.6 is 0 Å². The summed E-state index contributed by atoms with van der Waals surface area (Å²) in [6.07, 6.45) is 10.5. The number of hydrogen-bond acceptors (Lipinski definition) is 1. The molecule has 1 aromatic carbocycles. The van der Waals surface area contributed by atoms with Gasteiger partial charge in [-0.05, 0) is 36.5 Å². The molecule has 1 N–H and O–H groups in total. The van der Waals surface area contributed by atoms with Crippen LogP contribution in [0.2, 0.25) is 0 Å². The molecule has 0 unspecified atom stereocenters. The topological polar surface area (TPSA) is 20.2 Å².